The maximum absolute atomic E-state index is 11.8. The molecule has 0 aromatic heterocycles. The van der Waals surface area contributed by atoms with Crippen LogP contribution in [0.3, 0.4) is 0 Å². The van der Waals surface area contributed by atoms with Gasteiger partial charge in [-0.3, -0.25) is 9.59 Å². The Hall–Kier alpha value is -3.61. The van der Waals surface area contributed by atoms with Crippen LogP contribution in [-0.4, -0.2) is 31.7 Å². The van der Waals surface area contributed by atoms with E-state index in [9.17, 15) is 9.59 Å². The maximum Gasteiger partial charge on any atom is 0.329 e. The molecule has 2 aromatic carbocycles. The number of hydrogen-bond donors (Lipinski definition) is 2. The zero-order valence-electron chi connectivity index (χ0n) is 14.3. The summed E-state index contributed by atoms with van der Waals surface area (Å²) in [6.07, 6.45) is 3.08. The zero-order chi connectivity index (χ0) is 18.8. The van der Waals surface area contributed by atoms with Crippen molar-refractivity contribution < 1.29 is 19.1 Å². The molecule has 0 aliphatic carbocycles. The number of ether oxygens (including phenoxy) is 2. The Balaban J connectivity index is 1.85. The Morgan fingerprint density at radius 3 is 2.58 bits per heavy atom. The number of anilines is 1. The molecule has 0 spiro atoms. The molecule has 0 aliphatic rings. The standard InChI is InChI=1S/C19H19N3O4/c1-3-11-26-16-9-7-14(8-10-16)13-20-22-19(24)18(23)21-15-5-4-6-17(12-15)25-2/h3-10,12-13H,1,11H2,2H3,(H,21,23)(H,22,24)/b20-13+. The quantitative estimate of drug-likeness (QED) is 0.346. The van der Waals surface area contributed by atoms with Gasteiger partial charge in [-0.05, 0) is 42.0 Å². The third-order valence-corrected chi connectivity index (χ3v) is 3.16. The second-order valence-corrected chi connectivity index (χ2v) is 5.05. The number of methoxy groups -OCH3 is 1. The SMILES string of the molecule is C=CCOc1ccc(/C=N/NC(=O)C(=O)Nc2cccc(OC)c2)cc1. The van der Waals surface area contributed by atoms with E-state index in [2.05, 4.69) is 22.4 Å². The molecule has 0 fully saturated rings. The van der Waals surface area contributed by atoms with E-state index in [1.54, 1.807) is 54.6 Å². The second kappa shape index (κ2) is 9.63. The monoisotopic (exact) mass is 353 g/mol. The average Bonchev–Trinajstić information content (AvgIpc) is 2.67. The number of nitrogens with one attached hydrogen (secondary N) is 2. The van der Waals surface area contributed by atoms with E-state index < -0.39 is 11.8 Å². The maximum atomic E-state index is 11.8. The molecular weight excluding hydrogens is 334 g/mol. The summed E-state index contributed by atoms with van der Waals surface area (Å²) in [5.41, 5.74) is 3.36. The van der Waals surface area contributed by atoms with Crippen molar-refractivity contribution in [1.29, 1.82) is 0 Å². The Kier molecular flexibility index (Phi) is 6.93. The number of hydrogen-bond acceptors (Lipinski definition) is 5. The van der Waals surface area contributed by atoms with Gasteiger partial charge in [0.05, 0.1) is 13.3 Å². The van der Waals surface area contributed by atoms with Crippen molar-refractivity contribution in [3.63, 3.8) is 0 Å². The number of carbonyl (C=O) groups is 2. The molecule has 2 aromatic rings. The first-order valence-corrected chi connectivity index (χ1v) is 7.74. The molecule has 7 nitrogen and oxygen atoms in total. The Labute approximate surface area is 151 Å². The molecule has 2 amide bonds. The summed E-state index contributed by atoms with van der Waals surface area (Å²) in [5, 5.41) is 6.23. The zero-order valence-corrected chi connectivity index (χ0v) is 14.3. The fourth-order valence-corrected chi connectivity index (χ4v) is 1.91. The van der Waals surface area contributed by atoms with Crippen LogP contribution >= 0.6 is 0 Å². The molecule has 0 unspecified atom stereocenters. The van der Waals surface area contributed by atoms with E-state index >= 15 is 0 Å². The Morgan fingerprint density at radius 1 is 1.12 bits per heavy atom. The molecule has 0 aliphatic heterocycles. The molecule has 0 radical (unpaired) electrons. The van der Waals surface area contributed by atoms with Crippen LogP contribution < -0.4 is 20.2 Å². The number of hydrazone groups is 1. The molecule has 0 heterocycles. The van der Waals surface area contributed by atoms with Crippen LogP contribution in [0.5, 0.6) is 11.5 Å². The van der Waals surface area contributed by atoms with E-state index in [1.165, 1.54) is 13.3 Å². The van der Waals surface area contributed by atoms with Crippen LogP contribution in [0.2, 0.25) is 0 Å². The molecule has 2 rings (SSSR count). The fourth-order valence-electron chi connectivity index (χ4n) is 1.91. The van der Waals surface area contributed by atoms with E-state index in [1.807, 2.05) is 0 Å². The van der Waals surface area contributed by atoms with Crippen molar-refractivity contribution in [3.05, 3.63) is 66.7 Å². The molecule has 0 atom stereocenters. The van der Waals surface area contributed by atoms with Gasteiger partial charge in [0.25, 0.3) is 0 Å². The summed E-state index contributed by atoms with van der Waals surface area (Å²) in [5.74, 6) is -0.441. The van der Waals surface area contributed by atoms with E-state index in [-0.39, 0.29) is 0 Å². The lowest BCUT2D eigenvalue weighted by Crippen LogP contribution is -2.32. The van der Waals surface area contributed by atoms with Crippen molar-refractivity contribution in [1.82, 2.24) is 5.43 Å². The minimum absolute atomic E-state index is 0.423. The van der Waals surface area contributed by atoms with Crippen LogP contribution in [-0.2, 0) is 9.59 Å². The van der Waals surface area contributed by atoms with Gasteiger partial charge in [0.1, 0.15) is 18.1 Å². The van der Waals surface area contributed by atoms with Gasteiger partial charge in [0.15, 0.2) is 0 Å². The lowest BCUT2D eigenvalue weighted by Gasteiger charge is -2.06. The molecule has 0 saturated heterocycles. The first-order chi connectivity index (χ1) is 12.6. The summed E-state index contributed by atoms with van der Waals surface area (Å²) < 4.78 is 10.4. The molecule has 2 N–H and O–H groups in total. The Bertz CT molecular complexity index is 801. The van der Waals surface area contributed by atoms with Crippen LogP contribution in [0.4, 0.5) is 5.69 Å². The van der Waals surface area contributed by atoms with Gasteiger partial charge < -0.3 is 14.8 Å². The fraction of sp³-hybridized carbons (Fsp3) is 0.105. The van der Waals surface area contributed by atoms with E-state index in [0.29, 0.717) is 23.8 Å². The highest BCUT2D eigenvalue weighted by Gasteiger charge is 2.13. The largest absolute Gasteiger partial charge is 0.497 e. The number of nitrogens with zero attached hydrogens (tertiary/aromatic N) is 1. The van der Waals surface area contributed by atoms with Gasteiger partial charge in [-0.1, -0.05) is 18.7 Å². The topological polar surface area (TPSA) is 89.0 Å². The minimum atomic E-state index is -0.880. The van der Waals surface area contributed by atoms with Crippen molar-refractivity contribution >= 4 is 23.7 Å². The van der Waals surface area contributed by atoms with Crippen molar-refractivity contribution in [2.45, 2.75) is 0 Å². The first-order valence-electron chi connectivity index (χ1n) is 7.74. The van der Waals surface area contributed by atoms with Crippen molar-refractivity contribution in [3.8, 4) is 11.5 Å². The number of rotatable bonds is 7. The van der Waals surface area contributed by atoms with Crippen LogP contribution in [0.15, 0.2) is 66.3 Å². The normalized spacial score (nSPS) is 10.2. The van der Waals surface area contributed by atoms with Gasteiger partial charge >= 0.3 is 11.8 Å². The van der Waals surface area contributed by atoms with Crippen molar-refractivity contribution in [2.75, 3.05) is 19.0 Å². The Morgan fingerprint density at radius 2 is 1.88 bits per heavy atom. The van der Waals surface area contributed by atoms with E-state index in [4.69, 9.17) is 9.47 Å². The summed E-state index contributed by atoms with van der Waals surface area (Å²) in [6.45, 7) is 4.00. The number of amides is 2. The average molecular weight is 353 g/mol. The van der Waals surface area contributed by atoms with Crippen LogP contribution in [0.25, 0.3) is 0 Å². The van der Waals surface area contributed by atoms with Crippen molar-refractivity contribution in [2.24, 2.45) is 5.10 Å². The second-order valence-electron chi connectivity index (χ2n) is 5.05. The van der Waals surface area contributed by atoms with Gasteiger partial charge in [-0.2, -0.15) is 5.10 Å². The van der Waals surface area contributed by atoms with Gasteiger partial charge in [-0.15, -0.1) is 0 Å². The molecule has 0 bridgehead atoms. The van der Waals surface area contributed by atoms with Crippen LogP contribution in [0, 0.1) is 0 Å². The van der Waals surface area contributed by atoms with E-state index in [0.717, 1.165) is 5.56 Å². The number of benzene rings is 2. The smallest absolute Gasteiger partial charge is 0.329 e. The molecule has 134 valence electrons. The van der Waals surface area contributed by atoms with Gasteiger partial charge in [-0.25, -0.2) is 5.43 Å². The third kappa shape index (κ3) is 5.79. The summed E-state index contributed by atoms with van der Waals surface area (Å²) in [6, 6.07) is 13.7. The molecule has 26 heavy (non-hydrogen) atoms. The lowest BCUT2D eigenvalue weighted by molar-refractivity contribution is -0.136. The molecule has 0 saturated carbocycles. The predicted molar refractivity (Wildman–Crippen MR) is 99.5 cm³/mol. The lowest BCUT2D eigenvalue weighted by atomic mass is 10.2. The summed E-state index contributed by atoms with van der Waals surface area (Å²) >= 11 is 0. The summed E-state index contributed by atoms with van der Waals surface area (Å²) in [4.78, 5) is 23.6. The predicted octanol–water partition coefficient (Wildman–Crippen LogP) is 2.35. The third-order valence-electron chi connectivity index (χ3n) is 3.16. The van der Waals surface area contributed by atoms with Gasteiger partial charge in [0.2, 0.25) is 0 Å². The molecular formula is C19H19N3O4. The van der Waals surface area contributed by atoms with Crippen LogP contribution in [0.1, 0.15) is 5.56 Å². The highest BCUT2D eigenvalue weighted by molar-refractivity contribution is 6.39. The highest BCUT2D eigenvalue weighted by atomic mass is 16.5. The highest BCUT2D eigenvalue weighted by Crippen LogP contribution is 2.16. The number of carbonyl (C=O) groups excluding carboxylic acids is 2. The minimum Gasteiger partial charge on any atom is -0.497 e. The van der Waals surface area contributed by atoms with Gasteiger partial charge in [0, 0.05) is 11.8 Å². The summed E-state index contributed by atoms with van der Waals surface area (Å²) in [7, 11) is 1.51. The first kappa shape index (κ1) is 18.7. The molecule has 7 heteroatoms.